The van der Waals surface area contributed by atoms with E-state index in [-0.39, 0.29) is 0 Å². The molecule has 0 heterocycles. The quantitative estimate of drug-likeness (QED) is 0.112. The largest absolute Gasteiger partial charge is 0.0654 e. The second-order valence-electron chi connectivity index (χ2n) is 10.5. The Balaban J connectivity index is 3.43. The van der Waals surface area contributed by atoms with Gasteiger partial charge in [0.1, 0.15) is 0 Å². The molecule has 0 aliphatic heterocycles. The summed E-state index contributed by atoms with van der Waals surface area (Å²) in [7, 11) is 0. The van der Waals surface area contributed by atoms with Crippen LogP contribution in [0.1, 0.15) is 187 Å². The van der Waals surface area contributed by atoms with E-state index in [1.807, 2.05) is 0 Å². The molecule has 0 amide bonds. The Bertz CT molecular complexity index is 294. The lowest BCUT2D eigenvalue weighted by Gasteiger charge is -2.16. The maximum absolute atomic E-state index is 4.07. The highest BCUT2D eigenvalue weighted by Crippen LogP contribution is 2.24. The van der Waals surface area contributed by atoms with Gasteiger partial charge in [-0.1, -0.05) is 194 Å². The zero-order valence-electron chi connectivity index (χ0n) is 22.4. The first kappa shape index (κ1) is 31.0. The molecule has 0 aromatic rings. The topological polar surface area (TPSA) is 0 Å². The Labute approximate surface area is 200 Å². The van der Waals surface area contributed by atoms with Crippen LogP contribution < -0.4 is 0 Å². The predicted octanol–water partition coefficient (Wildman–Crippen LogP) is 12.0. The molecule has 0 fully saturated rings. The Hall–Kier alpha value is 0. The molecule has 0 rings (SSSR count). The first-order valence-corrected chi connectivity index (χ1v) is 15.1. The predicted molar refractivity (Wildman–Crippen MR) is 145 cm³/mol. The molecule has 0 saturated heterocycles. The highest BCUT2D eigenvalue weighted by Gasteiger charge is 2.08. The SMILES string of the molecule is [CH2]CCCC(CCCCCCCCC)CCCCCCCCCCCCCCCCC. The maximum Gasteiger partial charge on any atom is -0.0414 e. The van der Waals surface area contributed by atoms with Crippen molar-refractivity contribution in [2.75, 3.05) is 0 Å². The summed E-state index contributed by atoms with van der Waals surface area (Å²) in [5.41, 5.74) is 0. The molecule has 187 valence electrons. The van der Waals surface area contributed by atoms with E-state index in [4.69, 9.17) is 0 Å². The molecule has 0 aliphatic rings. The van der Waals surface area contributed by atoms with Gasteiger partial charge < -0.3 is 0 Å². The first-order valence-electron chi connectivity index (χ1n) is 15.1. The molecule has 0 aromatic heterocycles. The molecule has 0 nitrogen and oxygen atoms in total. The van der Waals surface area contributed by atoms with Crippen LogP contribution >= 0.6 is 0 Å². The van der Waals surface area contributed by atoms with Gasteiger partial charge in [0.05, 0.1) is 0 Å². The van der Waals surface area contributed by atoms with Crippen LogP contribution in [0.2, 0.25) is 0 Å². The van der Waals surface area contributed by atoms with Crippen molar-refractivity contribution in [1.82, 2.24) is 0 Å². The molecule has 1 unspecified atom stereocenters. The highest BCUT2D eigenvalue weighted by molar-refractivity contribution is 4.62. The fourth-order valence-electron chi connectivity index (χ4n) is 5.06. The van der Waals surface area contributed by atoms with Crippen molar-refractivity contribution in [3.63, 3.8) is 0 Å². The summed E-state index contributed by atoms with van der Waals surface area (Å²) in [6.45, 7) is 8.69. The van der Waals surface area contributed by atoms with Crippen LogP contribution in [-0.4, -0.2) is 0 Å². The van der Waals surface area contributed by atoms with Gasteiger partial charge in [-0.05, 0) is 5.92 Å². The van der Waals surface area contributed by atoms with E-state index in [1.54, 1.807) is 0 Å². The molecule has 0 spiro atoms. The average molecular weight is 436 g/mol. The minimum Gasteiger partial charge on any atom is -0.0654 e. The summed E-state index contributed by atoms with van der Waals surface area (Å²) in [6, 6.07) is 0. The third kappa shape index (κ3) is 26.1. The van der Waals surface area contributed by atoms with Crippen molar-refractivity contribution in [2.24, 2.45) is 5.92 Å². The van der Waals surface area contributed by atoms with Crippen LogP contribution in [0.25, 0.3) is 0 Å². The first-order chi connectivity index (χ1) is 15.3. The highest BCUT2D eigenvalue weighted by atomic mass is 14.1. The Kier molecular flexibility index (Phi) is 28.0. The molecule has 0 N–H and O–H groups in total. The summed E-state index contributed by atoms with van der Waals surface area (Å²) in [5.74, 6) is 0.999. The van der Waals surface area contributed by atoms with Crippen molar-refractivity contribution >= 4 is 0 Å². The van der Waals surface area contributed by atoms with E-state index >= 15 is 0 Å². The molecule has 0 saturated carbocycles. The standard InChI is InChI=1S/C31H63/c1-4-7-10-12-14-15-16-17-18-19-20-21-23-25-27-30-31(28-9-6-3)29-26-24-22-13-11-8-5-2/h31H,3-30H2,1-2H3. The van der Waals surface area contributed by atoms with Gasteiger partial charge in [-0.2, -0.15) is 0 Å². The van der Waals surface area contributed by atoms with E-state index in [0.29, 0.717) is 0 Å². The summed E-state index contributed by atoms with van der Waals surface area (Å²) >= 11 is 0. The molecule has 1 atom stereocenters. The third-order valence-electron chi connectivity index (χ3n) is 7.29. The van der Waals surface area contributed by atoms with Crippen molar-refractivity contribution < 1.29 is 0 Å². The molecule has 1 radical (unpaired) electrons. The van der Waals surface area contributed by atoms with Crippen molar-refractivity contribution in [3.8, 4) is 0 Å². The Morgan fingerprint density at radius 2 is 0.613 bits per heavy atom. The van der Waals surface area contributed by atoms with E-state index in [1.165, 1.54) is 167 Å². The minimum absolute atomic E-state index is 0.999. The maximum atomic E-state index is 4.07. The van der Waals surface area contributed by atoms with Gasteiger partial charge in [0.25, 0.3) is 0 Å². The molecule has 0 heteroatoms. The zero-order chi connectivity index (χ0) is 22.7. The molecule has 31 heavy (non-hydrogen) atoms. The van der Waals surface area contributed by atoms with E-state index in [9.17, 15) is 0 Å². The molecule has 0 aromatic carbocycles. The van der Waals surface area contributed by atoms with Crippen LogP contribution in [0, 0.1) is 12.8 Å². The summed E-state index contributed by atoms with van der Waals surface area (Å²) in [4.78, 5) is 0. The molecule has 0 bridgehead atoms. The van der Waals surface area contributed by atoms with Gasteiger partial charge >= 0.3 is 0 Å². The van der Waals surface area contributed by atoms with Crippen LogP contribution in [0.4, 0.5) is 0 Å². The Morgan fingerprint density at radius 3 is 0.903 bits per heavy atom. The second-order valence-corrected chi connectivity index (χ2v) is 10.5. The minimum atomic E-state index is 0.999. The number of hydrogen-bond acceptors (Lipinski definition) is 0. The molecular weight excluding hydrogens is 372 g/mol. The Morgan fingerprint density at radius 1 is 0.355 bits per heavy atom. The number of unbranched alkanes of at least 4 members (excludes halogenated alkanes) is 21. The van der Waals surface area contributed by atoms with Crippen molar-refractivity contribution in [2.45, 2.75) is 187 Å². The van der Waals surface area contributed by atoms with Crippen LogP contribution in [0.3, 0.4) is 0 Å². The lowest BCUT2D eigenvalue weighted by molar-refractivity contribution is 0.372. The average Bonchev–Trinajstić information content (AvgIpc) is 2.78. The van der Waals surface area contributed by atoms with E-state index in [0.717, 1.165) is 12.3 Å². The lowest BCUT2D eigenvalue weighted by atomic mass is 9.90. The molecule has 0 aliphatic carbocycles. The number of rotatable bonds is 27. The van der Waals surface area contributed by atoms with Gasteiger partial charge in [-0.25, -0.2) is 0 Å². The van der Waals surface area contributed by atoms with Crippen LogP contribution in [0.5, 0.6) is 0 Å². The van der Waals surface area contributed by atoms with Crippen molar-refractivity contribution in [1.29, 1.82) is 0 Å². The zero-order valence-corrected chi connectivity index (χ0v) is 22.4. The number of hydrogen-bond donors (Lipinski definition) is 0. The lowest BCUT2D eigenvalue weighted by Crippen LogP contribution is -2.01. The van der Waals surface area contributed by atoms with Gasteiger partial charge in [-0.3, -0.25) is 0 Å². The van der Waals surface area contributed by atoms with Gasteiger partial charge in [-0.15, -0.1) is 0 Å². The summed E-state index contributed by atoms with van der Waals surface area (Å²) in [6.07, 6.45) is 39.1. The smallest absolute Gasteiger partial charge is 0.0414 e. The normalized spacial score (nSPS) is 12.5. The van der Waals surface area contributed by atoms with Gasteiger partial charge in [0.2, 0.25) is 0 Å². The fraction of sp³-hybridized carbons (Fsp3) is 0.968. The summed E-state index contributed by atoms with van der Waals surface area (Å²) < 4.78 is 0. The van der Waals surface area contributed by atoms with Gasteiger partial charge in [0, 0.05) is 0 Å². The summed E-state index contributed by atoms with van der Waals surface area (Å²) in [5, 5.41) is 0. The third-order valence-corrected chi connectivity index (χ3v) is 7.29. The fourth-order valence-corrected chi connectivity index (χ4v) is 5.06. The monoisotopic (exact) mass is 435 g/mol. The molecular formula is C31H63. The van der Waals surface area contributed by atoms with Crippen LogP contribution in [0.15, 0.2) is 0 Å². The van der Waals surface area contributed by atoms with E-state index < -0.39 is 0 Å². The van der Waals surface area contributed by atoms with Crippen molar-refractivity contribution in [3.05, 3.63) is 6.92 Å². The van der Waals surface area contributed by atoms with E-state index in [2.05, 4.69) is 20.8 Å². The van der Waals surface area contributed by atoms with Crippen LogP contribution in [-0.2, 0) is 0 Å². The second kappa shape index (κ2) is 28.0. The van der Waals surface area contributed by atoms with Gasteiger partial charge in [0.15, 0.2) is 0 Å².